The number of nitrogens with zero attached hydrogens (tertiary/aromatic N) is 3. The molecule has 1 aliphatic rings. The Balaban J connectivity index is 1.44. The summed E-state index contributed by atoms with van der Waals surface area (Å²) in [5.41, 5.74) is 0.604. The van der Waals surface area contributed by atoms with Gasteiger partial charge in [0, 0.05) is 45.2 Å². The maximum absolute atomic E-state index is 13.8. The summed E-state index contributed by atoms with van der Waals surface area (Å²) in [6.07, 6.45) is 0.394. The first kappa shape index (κ1) is 16.3. The van der Waals surface area contributed by atoms with Gasteiger partial charge in [-0.2, -0.15) is 0 Å². The minimum absolute atomic E-state index is 0.0934. The molecule has 1 N–H and O–H groups in total. The molecule has 0 spiro atoms. The van der Waals surface area contributed by atoms with Crippen molar-refractivity contribution in [3.63, 3.8) is 0 Å². The minimum atomic E-state index is -0.218. The number of para-hydroxylation sites is 1. The summed E-state index contributed by atoms with van der Waals surface area (Å²) in [5.74, 6) is 1.25. The van der Waals surface area contributed by atoms with Gasteiger partial charge in [-0.05, 0) is 19.1 Å². The molecule has 1 fully saturated rings. The Morgan fingerprint density at radius 2 is 2.04 bits per heavy atom. The Bertz CT molecular complexity index is 695. The molecule has 3 rings (SSSR count). The number of piperazine rings is 1. The number of amides is 1. The summed E-state index contributed by atoms with van der Waals surface area (Å²) in [6.45, 7) is 4.83. The Labute approximate surface area is 140 Å². The van der Waals surface area contributed by atoms with Crippen molar-refractivity contribution in [3.8, 4) is 0 Å². The van der Waals surface area contributed by atoms with Crippen molar-refractivity contribution in [2.45, 2.75) is 13.3 Å². The quantitative estimate of drug-likeness (QED) is 0.910. The highest BCUT2D eigenvalue weighted by Gasteiger charge is 2.22. The van der Waals surface area contributed by atoms with Gasteiger partial charge in [-0.15, -0.1) is 0 Å². The molecule has 1 saturated heterocycles. The highest BCUT2D eigenvalue weighted by atomic mass is 19.1. The molecule has 1 aromatic heterocycles. The van der Waals surface area contributed by atoms with E-state index in [1.807, 2.05) is 22.8 Å². The number of aryl methyl sites for hydroxylation is 1. The largest absolute Gasteiger partial charge is 0.367 e. The number of hydrogen-bond acceptors (Lipinski definition) is 5. The molecule has 6 nitrogen and oxygen atoms in total. The lowest BCUT2D eigenvalue weighted by atomic mass is 10.2. The van der Waals surface area contributed by atoms with Crippen LogP contribution < -0.4 is 10.2 Å². The van der Waals surface area contributed by atoms with Gasteiger partial charge < -0.3 is 19.6 Å². The van der Waals surface area contributed by atoms with Gasteiger partial charge in [0.15, 0.2) is 5.82 Å². The van der Waals surface area contributed by atoms with Crippen LogP contribution in [0.3, 0.4) is 0 Å². The second-order valence-electron chi connectivity index (χ2n) is 5.82. The first-order valence-corrected chi connectivity index (χ1v) is 8.08. The summed E-state index contributed by atoms with van der Waals surface area (Å²) < 4.78 is 18.8. The summed E-state index contributed by atoms with van der Waals surface area (Å²) in [4.78, 5) is 16.1. The third-order valence-electron chi connectivity index (χ3n) is 4.10. The number of carbonyl (C=O) groups is 1. The topological polar surface area (TPSA) is 61.6 Å². The van der Waals surface area contributed by atoms with E-state index in [-0.39, 0.29) is 11.7 Å². The zero-order valence-electron chi connectivity index (χ0n) is 13.7. The van der Waals surface area contributed by atoms with E-state index in [0.29, 0.717) is 50.6 Å². The van der Waals surface area contributed by atoms with Crippen molar-refractivity contribution in [3.05, 3.63) is 41.9 Å². The van der Waals surface area contributed by atoms with E-state index in [1.165, 1.54) is 6.07 Å². The Hall–Kier alpha value is -2.57. The average Bonchev–Trinajstić information content (AvgIpc) is 3.01. The normalized spacial score (nSPS) is 14.8. The molecular formula is C17H21FN4O2. The molecule has 1 aliphatic heterocycles. The van der Waals surface area contributed by atoms with Crippen molar-refractivity contribution in [2.24, 2.45) is 0 Å². The van der Waals surface area contributed by atoms with Crippen LogP contribution in [0.5, 0.6) is 0 Å². The molecule has 24 heavy (non-hydrogen) atoms. The van der Waals surface area contributed by atoms with Crippen molar-refractivity contribution < 1.29 is 13.7 Å². The zero-order valence-corrected chi connectivity index (χ0v) is 13.7. The maximum Gasteiger partial charge on any atom is 0.224 e. The van der Waals surface area contributed by atoms with E-state index in [1.54, 1.807) is 18.2 Å². The number of rotatable bonds is 5. The van der Waals surface area contributed by atoms with Gasteiger partial charge in [0.25, 0.3) is 0 Å². The first-order valence-electron chi connectivity index (χ1n) is 8.08. The molecular weight excluding hydrogens is 311 g/mol. The van der Waals surface area contributed by atoms with Gasteiger partial charge in [-0.25, -0.2) is 4.39 Å². The highest BCUT2D eigenvalue weighted by molar-refractivity contribution is 5.77. The number of nitrogens with one attached hydrogen (secondary N) is 1. The van der Waals surface area contributed by atoms with E-state index >= 15 is 0 Å². The van der Waals surface area contributed by atoms with E-state index in [0.717, 1.165) is 5.76 Å². The van der Waals surface area contributed by atoms with Gasteiger partial charge in [0.2, 0.25) is 5.91 Å². The summed E-state index contributed by atoms with van der Waals surface area (Å²) >= 11 is 0. The monoisotopic (exact) mass is 332 g/mol. The fourth-order valence-electron chi connectivity index (χ4n) is 2.81. The molecule has 0 radical (unpaired) electrons. The van der Waals surface area contributed by atoms with Crippen LogP contribution in [0.1, 0.15) is 12.2 Å². The third kappa shape index (κ3) is 3.84. The van der Waals surface area contributed by atoms with Crippen molar-refractivity contribution >= 4 is 17.4 Å². The smallest absolute Gasteiger partial charge is 0.224 e. The number of halogens is 1. The SMILES string of the molecule is Cc1cc(NCCC(=O)N2CCN(c3ccccc3F)CC2)no1. The van der Waals surface area contributed by atoms with Gasteiger partial charge in [0.1, 0.15) is 11.6 Å². The van der Waals surface area contributed by atoms with Crippen LogP contribution in [-0.2, 0) is 4.79 Å². The fourth-order valence-corrected chi connectivity index (χ4v) is 2.81. The summed E-state index contributed by atoms with van der Waals surface area (Å²) in [5, 5.41) is 6.89. The molecule has 2 aromatic rings. The second kappa shape index (κ2) is 7.33. The van der Waals surface area contributed by atoms with Crippen LogP contribution in [0.4, 0.5) is 15.9 Å². The second-order valence-corrected chi connectivity index (χ2v) is 5.82. The van der Waals surface area contributed by atoms with Crippen LogP contribution in [0.15, 0.2) is 34.9 Å². The number of benzene rings is 1. The Morgan fingerprint density at radius 3 is 2.71 bits per heavy atom. The van der Waals surface area contributed by atoms with Crippen LogP contribution in [-0.4, -0.2) is 48.7 Å². The van der Waals surface area contributed by atoms with Crippen LogP contribution in [0, 0.1) is 12.7 Å². The molecule has 1 amide bonds. The van der Waals surface area contributed by atoms with Crippen molar-refractivity contribution in [2.75, 3.05) is 42.9 Å². The number of hydrogen-bond donors (Lipinski definition) is 1. The predicted molar refractivity (Wildman–Crippen MR) is 89.5 cm³/mol. The Morgan fingerprint density at radius 1 is 1.29 bits per heavy atom. The molecule has 128 valence electrons. The lowest BCUT2D eigenvalue weighted by Gasteiger charge is -2.36. The van der Waals surface area contributed by atoms with Gasteiger partial charge in [0.05, 0.1) is 5.69 Å². The lowest BCUT2D eigenvalue weighted by Crippen LogP contribution is -2.49. The van der Waals surface area contributed by atoms with E-state index in [4.69, 9.17) is 4.52 Å². The molecule has 7 heteroatoms. The first-order chi connectivity index (χ1) is 11.6. The minimum Gasteiger partial charge on any atom is -0.367 e. The van der Waals surface area contributed by atoms with Gasteiger partial charge in [-0.3, -0.25) is 4.79 Å². The molecule has 0 bridgehead atoms. The van der Waals surface area contributed by atoms with Crippen LogP contribution in [0.25, 0.3) is 0 Å². The lowest BCUT2D eigenvalue weighted by molar-refractivity contribution is -0.131. The maximum atomic E-state index is 13.8. The van der Waals surface area contributed by atoms with E-state index in [9.17, 15) is 9.18 Å². The van der Waals surface area contributed by atoms with Crippen LogP contribution in [0.2, 0.25) is 0 Å². The standard InChI is InChI=1S/C17H21FN4O2/c1-13-12-16(20-24-13)19-7-6-17(23)22-10-8-21(9-11-22)15-5-3-2-4-14(15)18/h2-5,12H,6-11H2,1H3,(H,19,20). The zero-order chi connectivity index (χ0) is 16.9. The molecule has 0 aliphatic carbocycles. The highest BCUT2D eigenvalue weighted by Crippen LogP contribution is 2.20. The van der Waals surface area contributed by atoms with Gasteiger partial charge >= 0.3 is 0 Å². The predicted octanol–water partition coefficient (Wildman–Crippen LogP) is 2.27. The molecule has 0 unspecified atom stereocenters. The summed E-state index contributed by atoms with van der Waals surface area (Å²) in [6, 6.07) is 8.54. The average molecular weight is 332 g/mol. The van der Waals surface area contributed by atoms with Crippen LogP contribution >= 0.6 is 0 Å². The van der Waals surface area contributed by atoms with E-state index < -0.39 is 0 Å². The van der Waals surface area contributed by atoms with E-state index in [2.05, 4.69) is 10.5 Å². The molecule has 2 heterocycles. The van der Waals surface area contributed by atoms with Crippen molar-refractivity contribution in [1.82, 2.24) is 10.1 Å². The number of aromatic nitrogens is 1. The fraction of sp³-hybridized carbons (Fsp3) is 0.412. The summed E-state index contributed by atoms with van der Waals surface area (Å²) in [7, 11) is 0. The Kier molecular flexibility index (Phi) is 4.98. The number of carbonyl (C=O) groups excluding carboxylic acids is 1. The van der Waals surface area contributed by atoms with Crippen molar-refractivity contribution in [1.29, 1.82) is 0 Å². The molecule has 1 aromatic carbocycles. The molecule has 0 saturated carbocycles. The number of anilines is 2. The van der Waals surface area contributed by atoms with Gasteiger partial charge in [-0.1, -0.05) is 17.3 Å². The third-order valence-corrected chi connectivity index (χ3v) is 4.10. The molecule has 0 atom stereocenters.